The van der Waals surface area contributed by atoms with Crippen LogP contribution < -0.4 is 10.6 Å². The smallest absolute Gasteiger partial charge is 0.220 e. The molecule has 1 saturated heterocycles. The SMILES string of the molecule is CC1CC(NC(=O)CC2CC2)CCN1. The third-order valence-electron chi connectivity index (χ3n) is 3.16. The van der Waals surface area contributed by atoms with E-state index in [2.05, 4.69) is 17.6 Å². The highest BCUT2D eigenvalue weighted by Gasteiger charge is 2.26. The summed E-state index contributed by atoms with van der Waals surface area (Å²) in [5, 5.41) is 6.53. The number of hydrogen-bond donors (Lipinski definition) is 2. The number of amides is 1. The van der Waals surface area contributed by atoms with E-state index in [4.69, 9.17) is 0 Å². The first kappa shape index (κ1) is 9.97. The van der Waals surface area contributed by atoms with Crippen molar-refractivity contribution < 1.29 is 4.79 Å². The summed E-state index contributed by atoms with van der Waals surface area (Å²) >= 11 is 0. The molecule has 14 heavy (non-hydrogen) atoms. The first-order valence-electron chi connectivity index (χ1n) is 5.77. The van der Waals surface area contributed by atoms with Crippen LogP contribution in [0.4, 0.5) is 0 Å². The van der Waals surface area contributed by atoms with Crippen LogP contribution in [0.5, 0.6) is 0 Å². The first-order chi connectivity index (χ1) is 6.74. The second-order valence-electron chi connectivity index (χ2n) is 4.79. The van der Waals surface area contributed by atoms with Crippen LogP contribution in [0, 0.1) is 5.92 Å². The average molecular weight is 196 g/mol. The van der Waals surface area contributed by atoms with Gasteiger partial charge in [0.2, 0.25) is 5.91 Å². The van der Waals surface area contributed by atoms with E-state index in [-0.39, 0.29) is 5.91 Å². The fourth-order valence-corrected chi connectivity index (χ4v) is 2.13. The minimum Gasteiger partial charge on any atom is -0.353 e. The van der Waals surface area contributed by atoms with E-state index in [1.165, 1.54) is 12.8 Å². The molecular formula is C11H20N2O. The molecule has 1 aliphatic heterocycles. The Balaban J connectivity index is 1.69. The summed E-state index contributed by atoms with van der Waals surface area (Å²) in [7, 11) is 0. The van der Waals surface area contributed by atoms with Gasteiger partial charge in [-0.3, -0.25) is 4.79 Å². The predicted octanol–water partition coefficient (Wildman–Crippen LogP) is 1.04. The summed E-state index contributed by atoms with van der Waals surface area (Å²) in [4.78, 5) is 11.5. The lowest BCUT2D eigenvalue weighted by Gasteiger charge is -2.28. The van der Waals surface area contributed by atoms with Crippen LogP contribution in [-0.4, -0.2) is 24.5 Å². The normalized spacial score (nSPS) is 32.6. The van der Waals surface area contributed by atoms with Gasteiger partial charge in [-0.25, -0.2) is 0 Å². The monoisotopic (exact) mass is 196 g/mol. The zero-order valence-electron chi connectivity index (χ0n) is 8.88. The molecule has 2 N–H and O–H groups in total. The summed E-state index contributed by atoms with van der Waals surface area (Å²) in [5.41, 5.74) is 0. The molecule has 3 heteroatoms. The Hall–Kier alpha value is -0.570. The van der Waals surface area contributed by atoms with E-state index >= 15 is 0 Å². The van der Waals surface area contributed by atoms with Crippen molar-refractivity contribution in [3.63, 3.8) is 0 Å². The van der Waals surface area contributed by atoms with Crippen LogP contribution in [0.2, 0.25) is 0 Å². The molecule has 80 valence electrons. The summed E-state index contributed by atoms with van der Waals surface area (Å²) in [6.07, 6.45) is 5.45. The molecule has 0 aromatic carbocycles. The lowest BCUT2D eigenvalue weighted by atomic mass is 10.0. The van der Waals surface area contributed by atoms with Gasteiger partial charge < -0.3 is 10.6 Å². The number of carbonyl (C=O) groups is 1. The van der Waals surface area contributed by atoms with Crippen LogP contribution in [-0.2, 0) is 4.79 Å². The number of hydrogen-bond acceptors (Lipinski definition) is 2. The molecule has 1 heterocycles. The van der Waals surface area contributed by atoms with E-state index in [1.54, 1.807) is 0 Å². The van der Waals surface area contributed by atoms with Crippen molar-refractivity contribution in [1.29, 1.82) is 0 Å². The van der Waals surface area contributed by atoms with E-state index in [1.807, 2.05) is 0 Å². The van der Waals surface area contributed by atoms with Gasteiger partial charge in [0.25, 0.3) is 0 Å². The molecule has 2 unspecified atom stereocenters. The van der Waals surface area contributed by atoms with Crippen molar-refractivity contribution in [2.24, 2.45) is 5.92 Å². The van der Waals surface area contributed by atoms with Gasteiger partial charge in [0.15, 0.2) is 0 Å². The van der Waals surface area contributed by atoms with Crippen LogP contribution in [0.1, 0.15) is 39.0 Å². The Bertz CT molecular complexity index is 213. The Kier molecular flexibility index (Phi) is 3.06. The summed E-state index contributed by atoms with van der Waals surface area (Å²) in [5.74, 6) is 0.973. The molecule has 1 amide bonds. The van der Waals surface area contributed by atoms with Gasteiger partial charge in [0.05, 0.1) is 0 Å². The Morgan fingerprint density at radius 1 is 1.43 bits per heavy atom. The highest BCUT2D eigenvalue weighted by atomic mass is 16.1. The van der Waals surface area contributed by atoms with Crippen molar-refractivity contribution in [1.82, 2.24) is 10.6 Å². The van der Waals surface area contributed by atoms with Crippen molar-refractivity contribution in [2.75, 3.05) is 6.54 Å². The molecule has 0 aromatic heterocycles. The summed E-state index contributed by atoms with van der Waals surface area (Å²) in [6, 6.07) is 0.965. The standard InChI is InChI=1S/C11H20N2O/c1-8-6-10(4-5-12-8)13-11(14)7-9-2-3-9/h8-10,12H,2-7H2,1H3,(H,13,14). The lowest BCUT2D eigenvalue weighted by molar-refractivity contribution is -0.122. The Morgan fingerprint density at radius 2 is 2.21 bits per heavy atom. The molecule has 0 radical (unpaired) electrons. The summed E-state index contributed by atoms with van der Waals surface area (Å²) < 4.78 is 0. The van der Waals surface area contributed by atoms with E-state index < -0.39 is 0 Å². The largest absolute Gasteiger partial charge is 0.353 e. The maximum Gasteiger partial charge on any atom is 0.220 e. The third-order valence-corrected chi connectivity index (χ3v) is 3.16. The molecule has 2 rings (SSSR count). The second-order valence-corrected chi connectivity index (χ2v) is 4.79. The zero-order chi connectivity index (χ0) is 9.97. The fraction of sp³-hybridized carbons (Fsp3) is 0.909. The number of piperidine rings is 1. The number of carbonyl (C=O) groups excluding carboxylic acids is 1. The summed E-state index contributed by atoms with van der Waals surface area (Å²) in [6.45, 7) is 3.22. The van der Waals surface area contributed by atoms with E-state index in [0.717, 1.165) is 25.8 Å². The highest BCUT2D eigenvalue weighted by molar-refractivity contribution is 5.76. The second kappa shape index (κ2) is 4.30. The molecule has 0 spiro atoms. The molecule has 2 aliphatic rings. The van der Waals surface area contributed by atoms with E-state index in [9.17, 15) is 4.79 Å². The maximum atomic E-state index is 11.5. The van der Waals surface area contributed by atoms with Gasteiger partial charge in [0, 0.05) is 18.5 Å². The minimum absolute atomic E-state index is 0.270. The maximum absolute atomic E-state index is 11.5. The zero-order valence-corrected chi connectivity index (χ0v) is 8.88. The van der Waals surface area contributed by atoms with Crippen molar-refractivity contribution >= 4 is 5.91 Å². The van der Waals surface area contributed by atoms with Gasteiger partial charge in [-0.1, -0.05) is 0 Å². The lowest BCUT2D eigenvalue weighted by Crippen LogP contribution is -2.46. The van der Waals surface area contributed by atoms with Gasteiger partial charge in [-0.05, 0) is 45.1 Å². The van der Waals surface area contributed by atoms with Crippen LogP contribution in [0.15, 0.2) is 0 Å². The fourth-order valence-electron chi connectivity index (χ4n) is 2.13. The van der Waals surface area contributed by atoms with Crippen molar-refractivity contribution in [3.8, 4) is 0 Å². The molecule has 0 aromatic rings. The Labute approximate surface area is 85.6 Å². The average Bonchev–Trinajstić information content (AvgIpc) is 2.87. The number of rotatable bonds is 3. The highest BCUT2D eigenvalue weighted by Crippen LogP contribution is 2.32. The quantitative estimate of drug-likeness (QED) is 0.708. The molecule has 1 aliphatic carbocycles. The third kappa shape index (κ3) is 2.98. The first-order valence-corrected chi connectivity index (χ1v) is 5.77. The van der Waals surface area contributed by atoms with Gasteiger partial charge in [0.1, 0.15) is 0 Å². The van der Waals surface area contributed by atoms with Gasteiger partial charge >= 0.3 is 0 Å². The van der Waals surface area contributed by atoms with Crippen LogP contribution in [0.3, 0.4) is 0 Å². The van der Waals surface area contributed by atoms with Gasteiger partial charge in [-0.2, -0.15) is 0 Å². The minimum atomic E-state index is 0.270. The van der Waals surface area contributed by atoms with Crippen molar-refractivity contribution in [3.05, 3.63) is 0 Å². The molecular weight excluding hydrogens is 176 g/mol. The topological polar surface area (TPSA) is 41.1 Å². The number of nitrogens with one attached hydrogen (secondary N) is 2. The van der Waals surface area contributed by atoms with Gasteiger partial charge in [-0.15, -0.1) is 0 Å². The Morgan fingerprint density at radius 3 is 2.86 bits per heavy atom. The van der Waals surface area contributed by atoms with Crippen LogP contribution >= 0.6 is 0 Å². The van der Waals surface area contributed by atoms with E-state index in [0.29, 0.717) is 18.0 Å². The van der Waals surface area contributed by atoms with Crippen LogP contribution in [0.25, 0.3) is 0 Å². The molecule has 0 bridgehead atoms. The van der Waals surface area contributed by atoms with Crippen molar-refractivity contribution in [2.45, 2.75) is 51.1 Å². The molecule has 2 atom stereocenters. The molecule has 3 nitrogen and oxygen atoms in total. The molecule has 2 fully saturated rings. The predicted molar refractivity (Wildman–Crippen MR) is 56.0 cm³/mol. The molecule has 1 saturated carbocycles.